The highest BCUT2D eigenvalue weighted by Gasteiger charge is 2.13. The number of aliphatic hydroxyl groups is 1. The Labute approximate surface area is 137 Å². The lowest BCUT2D eigenvalue weighted by Crippen LogP contribution is -1.99. The number of furan rings is 1. The second-order valence-corrected chi connectivity index (χ2v) is 5.32. The maximum atomic E-state index is 12.9. The molecule has 3 rings (SSSR count). The molecule has 122 valence electrons. The molecule has 0 saturated heterocycles. The summed E-state index contributed by atoms with van der Waals surface area (Å²) < 4.78 is 20.0. The Hall–Kier alpha value is -3.15. The highest BCUT2D eigenvalue weighted by molar-refractivity contribution is 6.05. The average Bonchev–Trinajstić information content (AvgIpc) is 3.18. The smallest absolute Gasteiger partial charge is 0.224 e. The normalized spacial score (nSPS) is 11.7. The Balaban J connectivity index is 1.74. The Morgan fingerprint density at radius 1 is 1.29 bits per heavy atom. The molecule has 0 aliphatic heterocycles. The molecule has 5 nitrogen and oxygen atoms in total. The van der Waals surface area contributed by atoms with Gasteiger partial charge in [-0.25, -0.2) is 9.37 Å². The molecule has 24 heavy (non-hydrogen) atoms. The van der Waals surface area contributed by atoms with E-state index in [2.05, 4.69) is 4.98 Å². The van der Waals surface area contributed by atoms with E-state index in [4.69, 9.17) is 4.42 Å². The second-order valence-electron chi connectivity index (χ2n) is 5.32. The lowest BCUT2D eigenvalue weighted by molar-refractivity contribution is 0.101. The van der Waals surface area contributed by atoms with Crippen LogP contribution in [0.15, 0.2) is 59.3 Å². The summed E-state index contributed by atoms with van der Waals surface area (Å²) >= 11 is 0. The van der Waals surface area contributed by atoms with Crippen molar-refractivity contribution < 1.29 is 18.7 Å². The number of benzene rings is 1. The number of hydrogen-bond donors (Lipinski definition) is 1. The van der Waals surface area contributed by atoms with Crippen molar-refractivity contribution in [1.82, 2.24) is 9.55 Å². The van der Waals surface area contributed by atoms with Gasteiger partial charge in [-0.15, -0.1) is 0 Å². The molecule has 0 amide bonds. The zero-order valence-electron chi connectivity index (χ0n) is 12.9. The average molecular weight is 326 g/mol. The van der Waals surface area contributed by atoms with Crippen LogP contribution in [0.5, 0.6) is 0 Å². The molecule has 0 atom stereocenters. The van der Waals surface area contributed by atoms with Gasteiger partial charge in [0.25, 0.3) is 0 Å². The number of nitrogens with zero attached hydrogens (tertiary/aromatic N) is 2. The number of aromatic nitrogens is 2. The molecule has 0 spiro atoms. The fourth-order valence-electron chi connectivity index (χ4n) is 2.28. The van der Waals surface area contributed by atoms with Crippen LogP contribution >= 0.6 is 0 Å². The Morgan fingerprint density at radius 2 is 2.04 bits per heavy atom. The number of allylic oxidation sites excluding steroid dienone is 1. The Morgan fingerprint density at radius 3 is 2.71 bits per heavy atom. The van der Waals surface area contributed by atoms with Gasteiger partial charge in [0.15, 0.2) is 17.3 Å². The van der Waals surface area contributed by atoms with Crippen molar-refractivity contribution in [3.8, 4) is 0 Å². The first-order valence-corrected chi connectivity index (χ1v) is 7.29. The van der Waals surface area contributed by atoms with E-state index < -0.39 is 5.78 Å². The molecular weight excluding hydrogens is 311 g/mol. The third-order valence-electron chi connectivity index (χ3n) is 3.51. The van der Waals surface area contributed by atoms with Gasteiger partial charge in [-0.2, -0.15) is 0 Å². The summed E-state index contributed by atoms with van der Waals surface area (Å²) in [5.41, 5.74) is 0.871. The van der Waals surface area contributed by atoms with E-state index in [1.165, 1.54) is 18.3 Å². The van der Waals surface area contributed by atoms with Gasteiger partial charge in [0, 0.05) is 31.9 Å². The molecule has 0 radical (unpaired) electrons. The largest absolute Gasteiger partial charge is 0.504 e. The third kappa shape index (κ3) is 3.43. The third-order valence-corrected chi connectivity index (χ3v) is 3.51. The van der Waals surface area contributed by atoms with Crippen LogP contribution in [0.4, 0.5) is 4.39 Å². The van der Waals surface area contributed by atoms with Gasteiger partial charge in [0.1, 0.15) is 11.6 Å². The maximum absolute atomic E-state index is 12.9. The summed E-state index contributed by atoms with van der Waals surface area (Å²) in [6.07, 6.45) is 4.71. The number of imidazole rings is 1. The maximum Gasteiger partial charge on any atom is 0.224 e. The summed E-state index contributed by atoms with van der Waals surface area (Å²) in [6, 6.07) is 9.29. The van der Waals surface area contributed by atoms with Crippen molar-refractivity contribution in [3.63, 3.8) is 0 Å². The van der Waals surface area contributed by atoms with Gasteiger partial charge in [0.2, 0.25) is 5.78 Å². The predicted molar refractivity (Wildman–Crippen MR) is 86.1 cm³/mol. The zero-order chi connectivity index (χ0) is 17.1. The first kappa shape index (κ1) is 15.7. The fourth-order valence-corrected chi connectivity index (χ4v) is 2.28. The summed E-state index contributed by atoms with van der Waals surface area (Å²) in [6.45, 7) is 0. The number of ketones is 1. The van der Waals surface area contributed by atoms with Crippen LogP contribution in [0.25, 0.3) is 5.76 Å². The quantitative estimate of drug-likeness (QED) is 0.442. The van der Waals surface area contributed by atoms with Crippen LogP contribution in [-0.4, -0.2) is 20.4 Å². The minimum atomic E-state index is -0.458. The standard InChI is InChI=1S/C18H15FN2O3/c1-21-9-8-20-18(21)16(23)11-15(22)17-7-6-14(24-17)10-12-2-4-13(19)5-3-12/h2-9,11,23H,10H2,1H3/b16-11+. The number of carbonyl (C=O) groups excluding carboxylic acids is 1. The fraction of sp³-hybridized carbons (Fsp3) is 0.111. The number of aryl methyl sites for hydroxylation is 1. The summed E-state index contributed by atoms with van der Waals surface area (Å²) in [5, 5.41) is 9.97. The molecular formula is C18H15FN2O3. The number of aliphatic hydroxyl groups excluding tert-OH is 1. The molecule has 0 unspecified atom stereocenters. The van der Waals surface area contributed by atoms with E-state index in [1.807, 2.05) is 0 Å². The van der Waals surface area contributed by atoms with E-state index >= 15 is 0 Å². The number of carbonyl (C=O) groups is 1. The van der Waals surface area contributed by atoms with E-state index in [-0.39, 0.29) is 17.3 Å². The molecule has 0 fully saturated rings. The van der Waals surface area contributed by atoms with Crippen LogP contribution in [0, 0.1) is 5.82 Å². The SMILES string of the molecule is Cn1ccnc1/C(O)=C\C(=O)c1ccc(Cc2ccc(F)cc2)o1. The first-order valence-electron chi connectivity index (χ1n) is 7.29. The number of hydrogen-bond acceptors (Lipinski definition) is 4. The van der Waals surface area contributed by atoms with Crippen LogP contribution in [0.2, 0.25) is 0 Å². The van der Waals surface area contributed by atoms with Gasteiger partial charge in [-0.05, 0) is 29.8 Å². The van der Waals surface area contributed by atoms with Crippen molar-refractivity contribution in [2.45, 2.75) is 6.42 Å². The number of halogens is 1. The van der Waals surface area contributed by atoms with Crippen molar-refractivity contribution in [1.29, 1.82) is 0 Å². The number of rotatable bonds is 5. The van der Waals surface area contributed by atoms with Crippen LogP contribution in [0.3, 0.4) is 0 Å². The molecule has 1 N–H and O–H groups in total. The molecule has 2 heterocycles. The first-order chi connectivity index (χ1) is 11.5. The van der Waals surface area contributed by atoms with E-state index in [0.717, 1.165) is 11.6 Å². The molecule has 3 aromatic rings. The second kappa shape index (κ2) is 6.54. The van der Waals surface area contributed by atoms with E-state index in [9.17, 15) is 14.3 Å². The van der Waals surface area contributed by atoms with Crippen molar-refractivity contribution in [2.24, 2.45) is 7.05 Å². The van der Waals surface area contributed by atoms with E-state index in [0.29, 0.717) is 18.0 Å². The minimum absolute atomic E-state index is 0.118. The highest BCUT2D eigenvalue weighted by atomic mass is 19.1. The summed E-state index contributed by atoms with van der Waals surface area (Å²) in [4.78, 5) is 16.1. The van der Waals surface area contributed by atoms with Crippen LogP contribution < -0.4 is 0 Å². The topological polar surface area (TPSA) is 68.3 Å². The Bertz CT molecular complexity index is 891. The predicted octanol–water partition coefficient (Wildman–Crippen LogP) is 3.52. The minimum Gasteiger partial charge on any atom is -0.504 e. The van der Waals surface area contributed by atoms with Crippen LogP contribution in [-0.2, 0) is 13.5 Å². The van der Waals surface area contributed by atoms with Gasteiger partial charge >= 0.3 is 0 Å². The van der Waals surface area contributed by atoms with Gasteiger partial charge in [-0.3, -0.25) is 4.79 Å². The molecule has 0 aliphatic carbocycles. The molecule has 0 aliphatic rings. The molecule has 6 heteroatoms. The van der Waals surface area contributed by atoms with Crippen LogP contribution in [0.1, 0.15) is 27.7 Å². The molecule has 1 aromatic carbocycles. The monoisotopic (exact) mass is 326 g/mol. The molecule has 2 aromatic heterocycles. The lowest BCUT2D eigenvalue weighted by Gasteiger charge is -2.00. The highest BCUT2D eigenvalue weighted by Crippen LogP contribution is 2.16. The lowest BCUT2D eigenvalue weighted by atomic mass is 10.1. The summed E-state index contributed by atoms with van der Waals surface area (Å²) in [5.74, 6) is -0.00190. The van der Waals surface area contributed by atoms with Gasteiger partial charge in [0.05, 0.1) is 0 Å². The van der Waals surface area contributed by atoms with E-state index in [1.54, 1.807) is 42.1 Å². The van der Waals surface area contributed by atoms with Crippen molar-refractivity contribution in [3.05, 3.63) is 83.6 Å². The van der Waals surface area contributed by atoms with Crippen molar-refractivity contribution >= 4 is 11.5 Å². The van der Waals surface area contributed by atoms with Crippen molar-refractivity contribution in [2.75, 3.05) is 0 Å². The Kier molecular flexibility index (Phi) is 4.29. The molecule has 0 bridgehead atoms. The summed E-state index contributed by atoms with van der Waals surface area (Å²) in [7, 11) is 1.71. The molecule has 0 saturated carbocycles. The van der Waals surface area contributed by atoms with Gasteiger partial charge in [-0.1, -0.05) is 12.1 Å². The zero-order valence-corrected chi connectivity index (χ0v) is 12.9. The van der Waals surface area contributed by atoms with Gasteiger partial charge < -0.3 is 14.1 Å².